The first-order valence-corrected chi connectivity index (χ1v) is 6.44. The second kappa shape index (κ2) is 4.85. The van der Waals surface area contributed by atoms with Crippen LogP contribution < -0.4 is 5.73 Å². The van der Waals surface area contributed by atoms with Crippen molar-refractivity contribution in [3.8, 4) is 0 Å². The summed E-state index contributed by atoms with van der Waals surface area (Å²) in [6.07, 6.45) is 3.55. The highest BCUT2D eigenvalue weighted by molar-refractivity contribution is 9.10. The Morgan fingerprint density at radius 1 is 1.56 bits per heavy atom. The fraction of sp³-hybridized carbons (Fsp3) is 0.727. The third-order valence-electron chi connectivity index (χ3n) is 3.20. The van der Waals surface area contributed by atoms with Crippen LogP contribution in [-0.2, 0) is 18.4 Å². The van der Waals surface area contributed by atoms with Crippen LogP contribution >= 0.6 is 15.9 Å². The zero-order valence-corrected chi connectivity index (χ0v) is 11.3. The minimum absolute atomic E-state index is 0.202. The summed E-state index contributed by atoms with van der Waals surface area (Å²) in [5.41, 5.74) is 8.04. The van der Waals surface area contributed by atoms with Gasteiger partial charge in [0.1, 0.15) is 0 Å². The van der Waals surface area contributed by atoms with Crippen molar-refractivity contribution in [3.05, 3.63) is 15.9 Å². The highest BCUT2D eigenvalue weighted by Crippen LogP contribution is 2.25. The van der Waals surface area contributed by atoms with E-state index in [0.717, 1.165) is 28.7 Å². The Hall–Kier alpha value is -0.390. The number of hydrogen-bond donors (Lipinski definition) is 1. The first kappa shape index (κ1) is 12.1. The molecule has 1 fully saturated rings. The van der Waals surface area contributed by atoms with Crippen LogP contribution in [0.15, 0.2) is 4.47 Å². The molecule has 2 N–H and O–H groups in total. The maximum absolute atomic E-state index is 5.97. The Kier molecular flexibility index (Phi) is 3.66. The molecule has 4 nitrogen and oxygen atoms in total. The standard InChI is InChI=1S/C11H18BrN3O/c1-7-11(12)9(15(2)14-7)6-16-10-5-3-4-8(10)13/h8,10H,3-6,13H2,1-2H3. The maximum Gasteiger partial charge on any atom is 0.0900 e. The van der Waals surface area contributed by atoms with Crippen LogP contribution in [0, 0.1) is 6.92 Å². The van der Waals surface area contributed by atoms with Gasteiger partial charge in [-0.1, -0.05) is 0 Å². The molecule has 2 atom stereocenters. The summed E-state index contributed by atoms with van der Waals surface area (Å²) < 4.78 is 8.76. The molecular weight excluding hydrogens is 270 g/mol. The summed E-state index contributed by atoms with van der Waals surface area (Å²) in [7, 11) is 1.94. The lowest BCUT2D eigenvalue weighted by Gasteiger charge is -2.16. The smallest absolute Gasteiger partial charge is 0.0900 e. The van der Waals surface area contributed by atoms with Crippen LogP contribution in [0.1, 0.15) is 30.7 Å². The van der Waals surface area contributed by atoms with Crippen LogP contribution in [-0.4, -0.2) is 21.9 Å². The third-order valence-corrected chi connectivity index (χ3v) is 4.23. The molecule has 1 aliphatic rings. The fourth-order valence-electron chi connectivity index (χ4n) is 2.18. The summed E-state index contributed by atoms with van der Waals surface area (Å²) in [5.74, 6) is 0. The van der Waals surface area contributed by atoms with E-state index in [4.69, 9.17) is 10.5 Å². The highest BCUT2D eigenvalue weighted by atomic mass is 79.9. The molecule has 0 saturated heterocycles. The average molecular weight is 288 g/mol. The first-order chi connectivity index (χ1) is 7.59. The van der Waals surface area contributed by atoms with Crippen molar-refractivity contribution in [2.24, 2.45) is 12.8 Å². The van der Waals surface area contributed by atoms with Gasteiger partial charge in [-0.15, -0.1) is 0 Å². The molecule has 0 spiro atoms. The van der Waals surface area contributed by atoms with Crippen LogP contribution in [0.5, 0.6) is 0 Å². The van der Waals surface area contributed by atoms with Crippen molar-refractivity contribution >= 4 is 15.9 Å². The molecule has 0 bridgehead atoms. The van der Waals surface area contributed by atoms with E-state index >= 15 is 0 Å². The van der Waals surface area contributed by atoms with E-state index in [1.54, 1.807) is 0 Å². The molecular formula is C11H18BrN3O. The number of aryl methyl sites for hydroxylation is 2. The lowest BCUT2D eigenvalue weighted by molar-refractivity contribution is 0.0320. The van der Waals surface area contributed by atoms with Crippen LogP contribution in [0.3, 0.4) is 0 Å². The van der Waals surface area contributed by atoms with Crippen LogP contribution in [0.25, 0.3) is 0 Å². The topological polar surface area (TPSA) is 53.1 Å². The van der Waals surface area contributed by atoms with Gasteiger partial charge in [0.2, 0.25) is 0 Å². The predicted molar refractivity (Wildman–Crippen MR) is 66.0 cm³/mol. The van der Waals surface area contributed by atoms with Gasteiger partial charge < -0.3 is 10.5 Å². The van der Waals surface area contributed by atoms with Crippen molar-refractivity contribution in [2.75, 3.05) is 0 Å². The lowest BCUT2D eigenvalue weighted by Crippen LogP contribution is -2.31. The third kappa shape index (κ3) is 2.31. The summed E-state index contributed by atoms with van der Waals surface area (Å²) in [4.78, 5) is 0. The Bertz CT molecular complexity index is 378. The number of nitrogens with zero attached hydrogens (tertiary/aromatic N) is 2. The van der Waals surface area contributed by atoms with Gasteiger partial charge in [-0.25, -0.2) is 0 Å². The second-order valence-electron chi connectivity index (χ2n) is 4.41. The van der Waals surface area contributed by atoms with Gasteiger partial charge in [0.15, 0.2) is 0 Å². The Morgan fingerprint density at radius 2 is 2.31 bits per heavy atom. The van der Waals surface area contributed by atoms with Gasteiger partial charge >= 0.3 is 0 Å². The average Bonchev–Trinajstić information content (AvgIpc) is 2.72. The molecule has 0 aliphatic heterocycles. The molecule has 1 aromatic rings. The number of rotatable bonds is 3. The Morgan fingerprint density at radius 3 is 2.81 bits per heavy atom. The van der Waals surface area contributed by atoms with Crippen LogP contribution in [0.2, 0.25) is 0 Å². The van der Waals surface area contributed by atoms with Crippen molar-refractivity contribution in [1.29, 1.82) is 0 Å². The Labute approximate surface area is 104 Å². The SMILES string of the molecule is Cc1nn(C)c(COC2CCCC2N)c1Br. The molecule has 1 saturated carbocycles. The molecule has 1 aliphatic carbocycles. The van der Waals surface area contributed by atoms with Gasteiger partial charge in [-0.3, -0.25) is 4.68 Å². The van der Waals surface area contributed by atoms with E-state index in [2.05, 4.69) is 21.0 Å². The fourth-order valence-corrected chi connectivity index (χ4v) is 2.63. The van der Waals surface area contributed by atoms with Gasteiger partial charge in [0.25, 0.3) is 0 Å². The molecule has 0 amide bonds. The monoisotopic (exact) mass is 287 g/mol. The summed E-state index contributed by atoms with van der Waals surface area (Å²) in [6.45, 7) is 2.56. The zero-order chi connectivity index (χ0) is 11.7. The molecule has 5 heteroatoms. The van der Waals surface area contributed by atoms with E-state index in [0.29, 0.717) is 6.61 Å². The molecule has 0 aromatic carbocycles. The molecule has 2 unspecified atom stereocenters. The lowest BCUT2D eigenvalue weighted by atomic mass is 10.2. The number of halogens is 1. The predicted octanol–water partition coefficient (Wildman–Crippen LogP) is 1.89. The molecule has 90 valence electrons. The van der Waals surface area contributed by atoms with E-state index in [9.17, 15) is 0 Å². The first-order valence-electron chi connectivity index (χ1n) is 5.64. The highest BCUT2D eigenvalue weighted by Gasteiger charge is 2.25. The summed E-state index contributed by atoms with van der Waals surface area (Å²) >= 11 is 3.53. The molecule has 2 rings (SSSR count). The zero-order valence-electron chi connectivity index (χ0n) is 9.74. The van der Waals surface area contributed by atoms with Crippen LogP contribution in [0.4, 0.5) is 0 Å². The largest absolute Gasteiger partial charge is 0.370 e. The Balaban J connectivity index is 1.99. The van der Waals surface area contributed by atoms with Crippen molar-refractivity contribution in [1.82, 2.24) is 9.78 Å². The molecule has 0 radical (unpaired) electrons. The molecule has 16 heavy (non-hydrogen) atoms. The van der Waals surface area contributed by atoms with E-state index in [1.165, 1.54) is 6.42 Å². The van der Waals surface area contributed by atoms with E-state index in [-0.39, 0.29) is 12.1 Å². The molecule has 1 heterocycles. The van der Waals surface area contributed by atoms with Crippen molar-refractivity contribution in [2.45, 2.75) is 44.9 Å². The number of aromatic nitrogens is 2. The number of nitrogens with two attached hydrogens (primary N) is 1. The van der Waals surface area contributed by atoms with Gasteiger partial charge in [-0.05, 0) is 42.1 Å². The molecule has 1 aromatic heterocycles. The summed E-state index contributed by atoms with van der Waals surface area (Å²) in [6, 6.07) is 0.202. The van der Waals surface area contributed by atoms with E-state index in [1.807, 2.05) is 18.7 Å². The van der Waals surface area contributed by atoms with Crippen molar-refractivity contribution < 1.29 is 4.74 Å². The van der Waals surface area contributed by atoms with Gasteiger partial charge in [0.05, 0.1) is 28.6 Å². The number of ether oxygens (including phenoxy) is 1. The van der Waals surface area contributed by atoms with Gasteiger partial charge in [-0.2, -0.15) is 5.10 Å². The minimum atomic E-state index is 0.202. The number of hydrogen-bond acceptors (Lipinski definition) is 3. The van der Waals surface area contributed by atoms with Gasteiger partial charge in [0, 0.05) is 13.1 Å². The van der Waals surface area contributed by atoms with Crippen molar-refractivity contribution in [3.63, 3.8) is 0 Å². The second-order valence-corrected chi connectivity index (χ2v) is 5.21. The quantitative estimate of drug-likeness (QED) is 0.924. The maximum atomic E-state index is 5.97. The minimum Gasteiger partial charge on any atom is -0.370 e. The summed E-state index contributed by atoms with van der Waals surface area (Å²) in [5, 5.41) is 4.33. The van der Waals surface area contributed by atoms with E-state index < -0.39 is 0 Å². The normalized spacial score (nSPS) is 25.2.